The number of hydrogen-bond acceptors (Lipinski definition) is 0. The van der Waals surface area contributed by atoms with Gasteiger partial charge in [0.05, 0.1) is 0 Å². The van der Waals surface area contributed by atoms with Crippen molar-refractivity contribution >= 4 is 11.1 Å². The van der Waals surface area contributed by atoms with Gasteiger partial charge in [-0.05, 0) is 19.4 Å². The summed E-state index contributed by atoms with van der Waals surface area (Å²) < 4.78 is 0. The van der Waals surface area contributed by atoms with Gasteiger partial charge in [-0.2, -0.15) is 17.7 Å². The molecule has 0 heterocycles. The summed E-state index contributed by atoms with van der Waals surface area (Å²) >= 11 is 0. The summed E-state index contributed by atoms with van der Waals surface area (Å²) in [5.41, 5.74) is 8.52. The average molecular weight is 313 g/mol. The van der Waals surface area contributed by atoms with Crippen LogP contribution in [0.2, 0.25) is 0 Å². The second kappa shape index (κ2) is 5.13. The molecule has 0 radical (unpaired) electrons. The van der Waals surface area contributed by atoms with Crippen LogP contribution in [0.3, 0.4) is 0 Å². The number of allylic oxidation sites excluding steroid dienone is 6. The van der Waals surface area contributed by atoms with Crippen LogP contribution in [0.4, 0.5) is 0 Å². The van der Waals surface area contributed by atoms with E-state index in [-0.39, 0.29) is 26.2 Å². The minimum Gasteiger partial charge on any atom is -0.197 e. The fraction of sp³-hybridized carbons (Fsp3) is 0.294. The van der Waals surface area contributed by atoms with E-state index in [2.05, 4.69) is 57.2 Å². The van der Waals surface area contributed by atoms with Crippen molar-refractivity contribution in [3.05, 3.63) is 58.7 Å². The largest absolute Gasteiger partial charge is 0.197 e. The summed E-state index contributed by atoms with van der Waals surface area (Å²) in [6.45, 7) is 6.81. The molecule has 0 saturated carbocycles. The second-order valence-electron chi connectivity index (χ2n) is 5.00. The summed E-state index contributed by atoms with van der Waals surface area (Å²) in [7, 11) is 0. The molecule has 0 bridgehead atoms. The van der Waals surface area contributed by atoms with Gasteiger partial charge in [0.15, 0.2) is 0 Å². The first-order chi connectivity index (χ1) is 8.20. The number of hydrogen-bond donors (Lipinski definition) is 0. The molecule has 1 aromatic rings. The zero-order valence-corrected chi connectivity index (χ0v) is 13.6. The average Bonchev–Trinajstić information content (AvgIpc) is 2.94. The maximum Gasteiger partial charge on any atom is 0.00183 e. The Morgan fingerprint density at radius 1 is 1.22 bits per heavy atom. The van der Waals surface area contributed by atoms with Crippen LogP contribution in [0, 0.1) is 6.08 Å². The van der Waals surface area contributed by atoms with E-state index in [0.717, 1.165) is 6.42 Å². The van der Waals surface area contributed by atoms with E-state index >= 15 is 0 Å². The molecule has 1 aromatic carbocycles. The Morgan fingerprint density at radius 2 is 2.00 bits per heavy atom. The molecule has 1 heteroatoms. The van der Waals surface area contributed by atoms with Crippen LogP contribution in [0.15, 0.2) is 35.9 Å². The normalized spacial score (nSPS) is 20.8. The molecule has 2 aliphatic carbocycles. The molecule has 90 valence electrons. The Hall–Kier alpha value is -0.677. The van der Waals surface area contributed by atoms with Crippen LogP contribution in [-0.4, -0.2) is 0 Å². The zero-order valence-electron chi connectivity index (χ0n) is 11.2. The second-order valence-corrected chi connectivity index (χ2v) is 5.00. The van der Waals surface area contributed by atoms with Gasteiger partial charge < -0.3 is 0 Å². The number of rotatable bonds is 1. The molecular weight excluding hydrogens is 295 g/mol. The SMILES string of the molecule is CC1=C(C)C(C)c2cccc(C3=[C-]CC=C3)c21.[Zr]. The number of fused-ring (bicyclic) bond motifs is 1. The summed E-state index contributed by atoms with van der Waals surface area (Å²) in [5, 5.41) is 0. The predicted octanol–water partition coefficient (Wildman–Crippen LogP) is 4.74. The van der Waals surface area contributed by atoms with Crippen molar-refractivity contribution in [3.63, 3.8) is 0 Å². The van der Waals surface area contributed by atoms with Crippen molar-refractivity contribution in [1.82, 2.24) is 0 Å². The Morgan fingerprint density at radius 3 is 2.67 bits per heavy atom. The standard InChI is InChI=1S/C17H17.Zr/c1-11-12(2)15-9-6-10-16(17(15)13(11)3)14-7-4-5-8-14;/h4,6-7,9-10,12H,5H2,1-3H3;/q-1;. The van der Waals surface area contributed by atoms with Crippen LogP contribution in [0.1, 0.15) is 49.8 Å². The van der Waals surface area contributed by atoms with E-state index in [4.69, 9.17) is 0 Å². The first kappa shape index (κ1) is 13.7. The summed E-state index contributed by atoms with van der Waals surface area (Å²) in [5.74, 6) is 0.566. The minimum atomic E-state index is 0. The van der Waals surface area contributed by atoms with Crippen molar-refractivity contribution in [2.24, 2.45) is 0 Å². The predicted molar refractivity (Wildman–Crippen MR) is 73.5 cm³/mol. The van der Waals surface area contributed by atoms with Crippen LogP contribution >= 0.6 is 0 Å². The molecule has 1 unspecified atom stereocenters. The van der Waals surface area contributed by atoms with E-state index in [1.165, 1.54) is 33.4 Å². The van der Waals surface area contributed by atoms with Crippen molar-refractivity contribution in [1.29, 1.82) is 0 Å². The van der Waals surface area contributed by atoms with Crippen LogP contribution in [0.5, 0.6) is 0 Å². The van der Waals surface area contributed by atoms with Crippen molar-refractivity contribution < 1.29 is 26.2 Å². The maximum atomic E-state index is 3.44. The molecule has 0 spiro atoms. The minimum absolute atomic E-state index is 0. The van der Waals surface area contributed by atoms with E-state index in [9.17, 15) is 0 Å². The summed E-state index contributed by atoms with van der Waals surface area (Å²) in [4.78, 5) is 0. The third-order valence-electron chi connectivity index (χ3n) is 4.16. The monoisotopic (exact) mass is 311 g/mol. The van der Waals surface area contributed by atoms with Gasteiger partial charge >= 0.3 is 0 Å². The Kier molecular flexibility index (Phi) is 3.92. The molecular formula is C17H17Zr-. The molecule has 0 nitrogen and oxygen atoms in total. The molecule has 0 saturated heterocycles. The van der Waals surface area contributed by atoms with E-state index in [1.807, 2.05) is 0 Å². The van der Waals surface area contributed by atoms with E-state index in [0.29, 0.717) is 5.92 Å². The zero-order chi connectivity index (χ0) is 12.0. The first-order valence-corrected chi connectivity index (χ1v) is 6.28. The van der Waals surface area contributed by atoms with Crippen LogP contribution in [0.25, 0.3) is 11.1 Å². The maximum absolute atomic E-state index is 3.44. The third kappa shape index (κ3) is 1.93. The fourth-order valence-corrected chi connectivity index (χ4v) is 2.92. The molecule has 18 heavy (non-hydrogen) atoms. The summed E-state index contributed by atoms with van der Waals surface area (Å²) in [6.07, 6.45) is 8.77. The molecule has 0 amide bonds. The van der Waals surface area contributed by atoms with Gasteiger partial charge in [-0.3, -0.25) is 0 Å². The van der Waals surface area contributed by atoms with E-state index < -0.39 is 0 Å². The van der Waals surface area contributed by atoms with Crippen molar-refractivity contribution in [2.75, 3.05) is 0 Å². The van der Waals surface area contributed by atoms with Gasteiger partial charge in [-0.25, -0.2) is 0 Å². The molecule has 0 N–H and O–H groups in total. The Balaban J connectivity index is 0.00000120. The molecule has 1 atom stereocenters. The Bertz CT molecular complexity index is 573. The van der Waals surface area contributed by atoms with Crippen LogP contribution < -0.4 is 0 Å². The first-order valence-electron chi connectivity index (χ1n) is 6.28. The van der Waals surface area contributed by atoms with E-state index in [1.54, 1.807) is 0 Å². The number of benzene rings is 1. The Labute approximate surface area is 129 Å². The van der Waals surface area contributed by atoms with Gasteiger partial charge in [0.2, 0.25) is 0 Å². The van der Waals surface area contributed by atoms with Gasteiger partial charge in [-0.15, -0.1) is 17.7 Å². The van der Waals surface area contributed by atoms with Crippen molar-refractivity contribution in [3.8, 4) is 0 Å². The third-order valence-corrected chi connectivity index (χ3v) is 4.16. The quantitative estimate of drug-likeness (QED) is 0.657. The smallest absolute Gasteiger partial charge is 0.00183 e. The van der Waals surface area contributed by atoms with Crippen LogP contribution in [-0.2, 0) is 26.2 Å². The molecule has 3 rings (SSSR count). The topological polar surface area (TPSA) is 0 Å². The molecule has 2 aliphatic rings. The summed E-state index contributed by atoms with van der Waals surface area (Å²) in [6, 6.07) is 6.67. The molecule has 0 fully saturated rings. The molecule has 0 aliphatic heterocycles. The fourth-order valence-electron chi connectivity index (χ4n) is 2.92. The van der Waals surface area contributed by atoms with Gasteiger partial charge in [-0.1, -0.05) is 42.2 Å². The molecule has 0 aromatic heterocycles. The van der Waals surface area contributed by atoms with Crippen molar-refractivity contribution in [2.45, 2.75) is 33.1 Å². The van der Waals surface area contributed by atoms with Gasteiger partial charge in [0, 0.05) is 32.1 Å². The van der Waals surface area contributed by atoms with Gasteiger partial charge in [0.1, 0.15) is 0 Å². The van der Waals surface area contributed by atoms with Gasteiger partial charge in [0.25, 0.3) is 0 Å².